The van der Waals surface area contributed by atoms with E-state index in [4.69, 9.17) is 21.1 Å². The second-order valence-corrected chi connectivity index (χ2v) is 5.53. The molecule has 0 spiro atoms. The molecule has 0 aromatic heterocycles. The van der Waals surface area contributed by atoms with Crippen molar-refractivity contribution in [2.75, 3.05) is 26.4 Å². The fourth-order valence-corrected chi connectivity index (χ4v) is 1.48. The molecule has 0 aliphatic heterocycles. The lowest BCUT2D eigenvalue weighted by atomic mass is 10.1. The Balaban J connectivity index is 2.00. The van der Waals surface area contributed by atoms with Gasteiger partial charge < -0.3 is 14.8 Å². The lowest BCUT2D eigenvalue weighted by Crippen LogP contribution is -2.38. The molecular weight excluding hydrogens is 250 g/mol. The first-order chi connectivity index (χ1) is 8.47. The van der Waals surface area contributed by atoms with E-state index in [2.05, 4.69) is 26.1 Å². The summed E-state index contributed by atoms with van der Waals surface area (Å²) in [7, 11) is 0. The van der Waals surface area contributed by atoms with Gasteiger partial charge in [0.1, 0.15) is 12.4 Å². The van der Waals surface area contributed by atoms with Crippen molar-refractivity contribution in [3.8, 4) is 5.75 Å². The molecule has 0 aliphatic carbocycles. The molecule has 0 fully saturated rings. The molecule has 1 aromatic rings. The smallest absolute Gasteiger partial charge is 0.119 e. The summed E-state index contributed by atoms with van der Waals surface area (Å²) in [5.41, 5.74) is 0.142. The number of rotatable bonds is 7. The third-order valence-corrected chi connectivity index (χ3v) is 2.46. The first kappa shape index (κ1) is 15.3. The molecule has 1 aromatic carbocycles. The van der Waals surface area contributed by atoms with Crippen LogP contribution in [-0.2, 0) is 4.74 Å². The molecule has 1 N–H and O–H groups in total. The van der Waals surface area contributed by atoms with Crippen LogP contribution in [0.3, 0.4) is 0 Å². The Morgan fingerprint density at radius 3 is 2.33 bits per heavy atom. The number of halogens is 1. The topological polar surface area (TPSA) is 30.5 Å². The second-order valence-electron chi connectivity index (χ2n) is 5.09. The summed E-state index contributed by atoms with van der Waals surface area (Å²) in [6.45, 7) is 9.10. The van der Waals surface area contributed by atoms with Gasteiger partial charge in [0.15, 0.2) is 0 Å². The summed E-state index contributed by atoms with van der Waals surface area (Å²) in [5, 5.41) is 4.07. The Hall–Kier alpha value is -0.770. The monoisotopic (exact) mass is 271 g/mol. The van der Waals surface area contributed by atoms with Crippen LogP contribution in [-0.4, -0.2) is 31.9 Å². The summed E-state index contributed by atoms with van der Waals surface area (Å²) < 4.78 is 11.0. The fourth-order valence-electron chi connectivity index (χ4n) is 1.35. The Bertz CT molecular complexity index is 333. The van der Waals surface area contributed by atoms with Crippen molar-refractivity contribution in [2.24, 2.45) is 0 Å². The molecule has 18 heavy (non-hydrogen) atoms. The van der Waals surface area contributed by atoms with Gasteiger partial charge in [0.05, 0.1) is 13.2 Å². The first-order valence-corrected chi connectivity index (χ1v) is 6.56. The molecule has 0 radical (unpaired) electrons. The standard InChI is InChI=1S/C14H22ClNO2/c1-14(2,3)16-8-9-17-10-11-18-13-6-4-12(15)5-7-13/h4-7,16H,8-11H2,1-3H3. The number of ether oxygens (including phenoxy) is 2. The minimum absolute atomic E-state index is 0.142. The molecule has 0 heterocycles. The maximum atomic E-state index is 5.78. The zero-order valence-corrected chi connectivity index (χ0v) is 12.1. The average Bonchev–Trinajstić information content (AvgIpc) is 2.29. The molecule has 1 rings (SSSR count). The molecule has 0 unspecified atom stereocenters. The van der Waals surface area contributed by atoms with Crippen molar-refractivity contribution in [3.63, 3.8) is 0 Å². The average molecular weight is 272 g/mol. The van der Waals surface area contributed by atoms with E-state index in [1.807, 2.05) is 24.3 Å². The number of nitrogens with one attached hydrogen (secondary N) is 1. The summed E-state index contributed by atoms with van der Waals surface area (Å²) in [6.07, 6.45) is 0. The van der Waals surface area contributed by atoms with Crippen LogP contribution in [0, 0.1) is 0 Å². The molecule has 0 atom stereocenters. The molecule has 0 aliphatic rings. The summed E-state index contributed by atoms with van der Waals surface area (Å²) in [5.74, 6) is 0.816. The van der Waals surface area contributed by atoms with Gasteiger partial charge in [0.25, 0.3) is 0 Å². The van der Waals surface area contributed by atoms with Gasteiger partial charge in [-0.2, -0.15) is 0 Å². The van der Waals surface area contributed by atoms with Gasteiger partial charge in [-0.25, -0.2) is 0 Å². The van der Waals surface area contributed by atoms with E-state index in [9.17, 15) is 0 Å². The number of hydrogen-bond acceptors (Lipinski definition) is 3. The maximum Gasteiger partial charge on any atom is 0.119 e. The van der Waals surface area contributed by atoms with Crippen LogP contribution in [0.1, 0.15) is 20.8 Å². The summed E-state index contributed by atoms with van der Waals surface area (Å²) in [6, 6.07) is 7.32. The molecule has 0 saturated carbocycles. The predicted octanol–water partition coefficient (Wildman–Crippen LogP) is 3.12. The van der Waals surface area contributed by atoms with Gasteiger partial charge >= 0.3 is 0 Å². The van der Waals surface area contributed by atoms with Crippen LogP contribution >= 0.6 is 11.6 Å². The molecule has 4 heteroatoms. The lowest BCUT2D eigenvalue weighted by Gasteiger charge is -2.20. The Morgan fingerprint density at radius 2 is 1.72 bits per heavy atom. The SMILES string of the molecule is CC(C)(C)NCCOCCOc1ccc(Cl)cc1. The van der Waals surface area contributed by atoms with Gasteiger partial charge in [-0.1, -0.05) is 11.6 Å². The first-order valence-electron chi connectivity index (χ1n) is 6.18. The van der Waals surface area contributed by atoms with E-state index in [-0.39, 0.29) is 5.54 Å². The molecule has 0 amide bonds. The highest BCUT2D eigenvalue weighted by Gasteiger charge is 2.06. The molecule has 3 nitrogen and oxygen atoms in total. The van der Waals surface area contributed by atoms with Gasteiger partial charge in [-0.15, -0.1) is 0 Å². The number of benzene rings is 1. The van der Waals surface area contributed by atoms with E-state index in [1.54, 1.807) is 0 Å². The molecular formula is C14H22ClNO2. The third kappa shape index (κ3) is 7.54. The molecule has 0 saturated heterocycles. The van der Waals surface area contributed by atoms with Gasteiger partial charge in [0, 0.05) is 17.1 Å². The molecule has 102 valence electrons. The highest BCUT2D eigenvalue weighted by molar-refractivity contribution is 6.30. The molecule has 0 bridgehead atoms. The van der Waals surface area contributed by atoms with Crippen molar-refractivity contribution in [1.82, 2.24) is 5.32 Å². The zero-order valence-electron chi connectivity index (χ0n) is 11.3. The van der Waals surface area contributed by atoms with E-state index in [0.717, 1.165) is 12.3 Å². The Kier molecular flexibility index (Phi) is 6.47. The van der Waals surface area contributed by atoms with E-state index in [0.29, 0.717) is 24.8 Å². The fraction of sp³-hybridized carbons (Fsp3) is 0.571. The van der Waals surface area contributed by atoms with Crippen molar-refractivity contribution in [2.45, 2.75) is 26.3 Å². The lowest BCUT2D eigenvalue weighted by molar-refractivity contribution is 0.0985. The van der Waals surface area contributed by atoms with Crippen molar-refractivity contribution in [1.29, 1.82) is 0 Å². The van der Waals surface area contributed by atoms with E-state index in [1.165, 1.54) is 0 Å². The van der Waals surface area contributed by atoms with Crippen LogP contribution in [0.5, 0.6) is 5.75 Å². The number of hydrogen-bond donors (Lipinski definition) is 1. The van der Waals surface area contributed by atoms with Gasteiger partial charge in [-0.3, -0.25) is 0 Å². The van der Waals surface area contributed by atoms with Crippen LogP contribution in [0.25, 0.3) is 0 Å². The Morgan fingerprint density at radius 1 is 1.06 bits per heavy atom. The predicted molar refractivity (Wildman–Crippen MR) is 75.5 cm³/mol. The minimum Gasteiger partial charge on any atom is -0.491 e. The highest BCUT2D eigenvalue weighted by Crippen LogP contribution is 2.15. The van der Waals surface area contributed by atoms with Crippen LogP contribution in [0.2, 0.25) is 5.02 Å². The van der Waals surface area contributed by atoms with Crippen LogP contribution in [0.15, 0.2) is 24.3 Å². The van der Waals surface area contributed by atoms with E-state index >= 15 is 0 Å². The van der Waals surface area contributed by atoms with E-state index < -0.39 is 0 Å². The maximum absolute atomic E-state index is 5.78. The summed E-state index contributed by atoms with van der Waals surface area (Å²) >= 11 is 5.78. The third-order valence-electron chi connectivity index (χ3n) is 2.21. The normalized spacial score (nSPS) is 11.6. The second kappa shape index (κ2) is 7.62. The van der Waals surface area contributed by atoms with Gasteiger partial charge in [-0.05, 0) is 45.0 Å². The zero-order chi connectivity index (χ0) is 13.4. The van der Waals surface area contributed by atoms with Crippen LogP contribution < -0.4 is 10.1 Å². The van der Waals surface area contributed by atoms with Crippen molar-refractivity contribution >= 4 is 11.6 Å². The highest BCUT2D eigenvalue weighted by atomic mass is 35.5. The van der Waals surface area contributed by atoms with Gasteiger partial charge in [0.2, 0.25) is 0 Å². The minimum atomic E-state index is 0.142. The van der Waals surface area contributed by atoms with Crippen molar-refractivity contribution < 1.29 is 9.47 Å². The Labute approximate surface area is 114 Å². The quantitative estimate of drug-likeness (QED) is 0.773. The van der Waals surface area contributed by atoms with Crippen LogP contribution in [0.4, 0.5) is 0 Å². The van der Waals surface area contributed by atoms with Crippen molar-refractivity contribution in [3.05, 3.63) is 29.3 Å². The summed E-state index contributed by atoms with van der Waals surface area (Å²) in [4.78, 5) is 0. The largest absolute Gasteiger partial charge is 0.491 e.